The van der Waals surface area contributed by atoms with Gasteiger partial charge in [-0.05, 0) is 13.8 Å². The van der Waals surface area contributed by atoms with Crippen LogP contribution < -0.4 is 10.6 Å². The summed E-state index contributed by atoms with van der Waals surface area (Å²) in [6.45, 7) is 5.56. The molecule has 2 N–H and O–H groups in total. The Kier molecular flexibility index (Phi) is 6.10. The molecule has 0 spiro atoms. The maximum absolute atomic E-state index is 11.6. The van der Waals surface area contributed by atoms with E-state index in [1.165, 1.54) is 0 Å². The number of rotatable bonds is 7. The lowest BCUT2D eigenvalue weighted by Crippen LogP contribution is -2.42. The lowest BCUT2D eigenvalue weighted by atomic mass is 10.3. The third kappa shape index (κ3) is 5.25. The van der Waals surface area contributed by atoms with Gasteiger partial charge in [-0.3, -0.25) is 4.79 Å². The van der Waals surface area contributed by atoms with Crippen molar-refractivity contribution in [1.82, 2.24) is 15.6 Å². The number of carbonyl (C=O) groups is 1. The van der Waals surface area contributed by atoms with Crippen molar-refractivity contribution in [3.05, 3.63) is 16.1 Å². The number of ether oxygens (including phenoxy) is 1. The van der Waals surface area contributed by atoms with Crippen molar-refractivity contribution in [1.29, 1.82) is 0 Å². The van der Waals surface area contributed by atoms with Gasteiger partial charge in [0.05, 0.1) is 17.7 Å². The molecule has 0 saturated heterocycles. The smallest absolute Gasteiger partial charge is 0.236 e. The van der Waals surface area contributed by atoms with E-state index in [4.69, 9.17) is 4.74 Å². The van der Waals surface area contributed by atoms with Crippen molar-refractivity contribution < 1.29 is 9.53 Å². The largest absolute Gasteiger partial charge is 0.383 e. The fourth-order valence-corrected chi connectivity index (χ4v) is 2.01. The van der Waals surface area contributed by atoms with Crippen molar-refractivity contribution in [3.63, 3.8) is 0 Å². The summed E-state index contributed by atoms with van der Waals surface area (Å²) >= 11 is 1.64. The highest BCUT2D eigenvalue weighted by molar-refractivity contribution is 7.11. The molecule has 1 aromatic heterocycles. The molecule has 0 bridgehead atoms. The van der Waals surface area contributed by atoms with Crippen molar-refractivity contribution in [2.24, 2.45) is 0 Å². The zero-order chi connectivity index (χ0) is 12.7. The Bertz CT molecular complexity index is 354. The number of methoxy groups -OCH3 is 1. The van der Waals surface area contributed by atoms with E-state index in [1.54, 1.807) is 18.4 Å². The Morgan fingerprint density at radius 3 is 3.00 bits per heavy atom. The molecule has 1 amide bonds. The molecule has 17 heavy (non-hydrogen) atoms. The van der Waals surface area contributed by atoms with Crippen LogP contribution in [0.15, 0.2) is 6.20 Å². The summed E-state index contributed by atoms with van der Waals surface area (Å²) in [5.41, 5.74) is 0. The highest BCUT2D eigenvalue weighted by Gasteiger charge is 2.11. The van der Waals surface area contributed by atoms with E-state index in [0.717, 1.165) is 9.88 Å². The zero-order valence-electron chi connectivity index (χ0n) is 10.4. The van der Waals surface area contributed by atoms with Crippen molar-refractivity contribution >= 4 is 17.2 Å². The first-order valence-corrected chi connectivity index (χ1v) is 6.36. The Morgan fingerprint density at radius 2 is 2.41 bits per heavy atom. The highest BCUT2D eigenvalue weighted by Crippen LogP contribution is 2.10. The predicted molar refractivity (Wildman–Crippen MR) is 68.0 cm³/mol. The number of aryl methyl sites for hydroxylation is 1. The van der Waals surface area contributed by atoms with E-state index in [2.05, 4.69) is 15.6 Å². The average molecular weight is 257 g/mol. The Labute approximate surface area is 106 Å². The van der Waals surface area contributed by atoms with Gasteiger partial charge in [0.2, 0.25) is 5.91 Å². The summed E-state index contributed by atoms with van der Waals surface area (Å²) in [6.07, 6.45) is 1.84. The van der Waals surface area contributed by atoms with Crippen molar-refractivity contribution in [2.75, 3.05) is 20.3 Å². The van der Waals surface area contributed by atoms with Crippen LogP contribution in [0.1, 0.15) is 16.8 Å². The van der Waals surface area contributed by atoms with Gasteiger partial charge >= 0.3 is 0 Å². The van der Waals surface area contributed by atoms with Gasteiger partial charge in [0, 0.05) is 31.3 Å². The van der Waals surface area contributed by atoms with Crippen LogP contribution >= 0.6 is 11.3 Å². The summed E-state index contributed by atoms with van der Waals surface area (Å²) in [5.74, 6) is -0.0108. The molecule has 1 heterocycles. The van der Waals surface area contributed by atoms with Crippen molar-refractivity contribution in [2.45, 2.75) is 26.4 Å². The SMILES string of the molecule is COCCNC(=O)C(C)NCc1cnc(C)s1. The molecule has 1 unspecified atom stereocenters. The van der Waals surface area contributed by atoms with Crippen molar-refractivity contribution in [3.8, 4) is 0 Å². The van der Waals surface area contributed by atoms with Crippen LogP contribution in [0.25, 0.3) is 0 Å². The molecule has 0 fully saturated rings. The van der Waals surface area contributed by atoms with Crippen LogP contribution in [0.2, 0.25) is 0 Å². The first-order chi connectivity index (χ1) is 8.13. The van der Waals surface area contributed by atoms with Gasteiger partial charge in [0.25, 0.3) is 0 Å². The Morgan fingerprint density at radius 1 is 1.65 bits per heavy atom. The summed E-state index contributed by atoms with van der Waals surface area (Å²) < 4.78 is 4.86. The molecule has 1 rings (SSSR count). The van der Waals surface area contributed by atoms with Crippen LogP contribution in [0.3, 0.4) is 0 Å². The molecule has 0 radical (unpaired) electrons. The first kappa shape index (κ1) is 14.1. The summed E-state index contributed by atoms with van der Waals surface area (Å²) in [5, 5.41) is 6.98. The van der Waals surface area contributed by atoms with Gasteiger partial charge in [-0.25, -0.2) is 4.98 Å². The van der Waals surface area contributed by atoms with Crippen LogP contribution in [0.4, 0.5) is 0 Å². The molecule has 5 nitrogen and oxygen atoms in total. The van der Waals surface area contributed by atoms with E-state index >= 15 is 0 Å². The second-order valence-corrected chi connectivity index (χ2v) is 5.05. The zero-order valence-corrected chi connectivity index (χ0v) is 11.3. The minimum atomic E-state index is -0.214. The van der Waals surface area contributed by atoms with E-state index in [1.807, 2.05) is 20.0 Å². The van der Waals surface area contributed by atoms with Crippen LogP contribution in [-0.2, 0) is 16.1 Å². The standard InChI is InChI=1S/C11H19N3O2S/c1-8(11(15)12-4-5-16-3)13-6-10-7-14-9(2)17-10/h7-8,13H,4-6H2,1-3H3,(H,12,15). The normalized spacial score (nSPS) is 12.4. The van der Waals surface area contributed by atoms with Gasteiger partial charge in [0.15, 0.2) is 0 Å². The average Bonchev–Trinajstić information content (AvgIpc) is 2.72. The molecule has 1 aromatic rings. The van der Waals surface area contributed by atoms with E-state index in [9.17, 15) is 4.79 Å². The first-order valence-electron chi connectivity index (χ1n) is 5.55. The molecule has 0 saturated carbocycles. The molecular weight excluding hydrogens is 238 g/mol. The van der Waals surface area contributed by atoms with Crippen LogP contribution in [0.5, 0.6) is 0 Å². The number of aromatic nitrogens is 1. The topological polar surface area (TPSA) is 63.2 Å². The third-order valence-electron chi connectivity index (χ3n) is 2.25. The van der Waals surface area contributed by atoms with Gasteiger partial charge in [-0.2, -0.15) is 0 Å². The number of amides is 1. The fourth-order valence-electron chi connectivity index (χ4n) is 1.26. The van der Waals surface area contributed by atoms with Gasteiger partial charge < -0.3 is 15.4 Å². The minimum Gasteiger partial charge on any atom is -0.383 e. The number of hydrogen-bond acceptors (Lipinski definition) is 5. The predicted octanol–water partition coefficient (Wildman–Crippen LogP) is 0.692. The second-order valence-electron chi connectivity index (χ2n) is 3.73. The lowest BCUT2D eigenvalue weighted by Gasteiger charge is -2.12. The molecule has 0 aromatic carbocycles. The number of carbonyl (C=O) groups excluding carboxylic acids is 1. The second kappa shape index (κ2) is 7.37. The molecule has 6 heteroatoms. The van der Waals surface area contributed by atoms with Crippen LogP contribution in [0, 0.1) is 6.92 Å². The molecule has 96 valence electrons. The molecule has 0 aliphatic rings. The van der Waals surface area contributed by atoms with E-state index in [0.29, 0.717) is 19.7 Å². The number of nitrogens with one attached hydrogen (secondary N) is 2. The monoisotopic (exact) mass is 257 g/mol. The molecular formula is C11H19N3O2S. The number of thiazole rings is 1. The third-order valence-corrected chi connectivity index (χ3v) is 3.16. The Hall–Kier alpha value is -0.980. The summed E-state index contributed by atoms with van der Waals surface area (Å²) in [4.78, 5) is 16.9. The summed E-state index contributed by atoms with van der Waals surface area (Å²) in [7, 11) is 1.61. The lowest BCUT2D eigenvalue weighted by molar-refractivity contribution is -0.122. The Balaban J connectivity index is 2.24. The van der Waals surface area contributed by atoms with Gasteiger partial charge in [-0.15, -0.1) is 11.3 Å². The number of hydrogen-bond donors (Lipinski definition) is 2. The maximum Gasteiger partial charge on any atom is 0.236 e. The molecule has 0 aliphatic carbocycles. The molecule has 1 atom stereocenters. The van der Waals surface area contributed by atoms with Gasteiger partial charge in [0.1, 0.15) is 0 Å². The van der Waals surface area contributed by atoms with Crippen LogP contribution in [-0.4, -0.2) is 37.2 Å². The minimum absolute atomic E-state index is 0.0108. The maximum atomic E-state index is 11.6. The number of nitrogens with zero attached hydrogens (tertiary/aromatic N) is 1. The van der Waals surface area contributed by atoms with E-state index < -0.39 is 0 Å². The summed E-state index contributed by atoms with van der Waals surface area (Å²) in [6, 6.07) is -0.214. The quantitative estimate of drug-likeness (QED) is 0.706. The van der Waals surface area contributed by atoms with E-state index in [-0.39, 0.29) is 11.9 Å². The highest BCUT2D eigenvalue weighted by atomic mass is 32.1. The fraction of sp³-hybridized carbons (Fsp3) is 0.636. The molecule has 0 aliphatic heterocycles. The van der Waals surface area contributed by atoms with Gasteiger partial charge in [-0.1, -0.05) is 0 Å².